The maximum Gasteiger partial charge on any atom is 0.272 e. The Bertz CT molecular complexity index is 525. The second-order valence-corrected chi connectivity index (χ2v) is 2.84. The first-order chi connectivity index (χ1) is 7.31. The van der Waals surface area contributed by atoms with Gasteiger partial charge in [-0.1, -0.05) is 11.5 Å². The second-order valence-electron chi connectivity index (χ2n) is 2.84. The fourth-order valence-electron chi connectivity index (χ4n) is 1.12. The Morgan fingerprint density at radius 3 is 3.07 bits per heavy atom. The van der Waals surface area contributed by atoms with E-state index in [-0.39, 0.29) is 11.6 Å². The number of aromatic nitrogens is 1. The molecule has 15 heavy (non-hydrogen) atoms. The lowest BCUT2D eigenvalue weighted by Gasteiger charge is -1.93. The summed E-state index contributed by atoms with van der Waals surface area (Å²) in [7, 11) is 1.54. The van der Waals surface area contributed by atoms with Crippen LogP contribution in [0.3, 0.4) is 0 Å². The van der Waals surface area contributed by atoms with Crippen molar-refractivity contribution in [2.75, 3.05) is 7.05 Å². The van der Waals surface area contributed by atoms with Crippen LogP contribution in [0.25, 0.3) is 5.57 Å². The van der Waals surface area contributed by atoms with Gasteiger partial charge >= 0.3 is 0 Å². The minimum atomic E-state index is -0.267. The van der Waals surface area contributed by atoms with E-state index in [9.17, 15) is 4.79 Å². The summed E-state index contributed by atoms with van der Waals surface area (Å²) in [6, 6.07) is 0. The highest BCUT2D eigenvalue weighted by Gasteiger charge is 2.12. The predicted molar refractivity (Wildman–Crippen MR) is 54.0 cm³/mol. The van der Waals surface area contributed by atoms with Gasteiger partial charge in [0.1, 0.15) is 6.26 Å². The minimum absolute atomic E-state index is 0.264. The van der Waals surface area contributed by atoms with Crippen LogP contribution in [0, 0.1) is 0 Å². The maximum atomic E-state index is 11.2. The molecule has 4 heteroatoms. The zero-order chi connectivity index (χ0) is 10.7. The molecule has 0 unspecified atom stereocenters. The molecule has 0 aromatic carbocycles. The Morgan fingerprint density at radius 2 is 2.40 bits per heavy atom. The van der Waals surface area contributed by atoms with Crippen LogP contribution < -0.4 is 5.32 Å². The molecule has 0 saturated carbocycles. The number of hydrogen-bond donors (Lipinski definition) is 1. The molecule has 1 aliphatic carbocycles. The van der Waals surface area contributed by atoms with Crippen molar-refractivity contribution in [2.24, 2.45) is 0 Å². The third-order valence-corrected chi connectivity index (χ3v) is 1.87. The van der Waals surface area contributed by atoms with Gasteiger partial charge in [-0.2, -0.15) is 0 Å². The Morgan fingerprint density at radius 1 is 1.53 bits per heavy atom. The molecule has 0 bridgehead atoms. The summed E-state index contributed by atoms with van der Waals surface area (Å²) in [6.07, 6.45) is 6.51. The van der Waals surface area contributed by atoms with E-state index in [1.165, 1.54) is 6.26 Å². The first kappa shape index (κ1) is 9.28. The molecular weight excluding hydrogens is 192 g/mol. The Hall–Kier alpha value is -2.28. The smallest absolute Gasteiger partial charge is 0.272 e. The van der Waals surface area contributed by atoms with Crippen molar-refractivity contribution in [2.45, 2.75) is 0 Å². The Balaban J connectivity index is 2.29. The molecular formula is C11H8N2O2. The predicted octanol–water partition coefficient (Wildman–Crippen LogP) is 1.30. The largest absolute Gasteiger partial charge is 0.444 e. The number of rotatable bonds is 2. The average molecular weight is 200 g/mol. The van der Waals surface area contributed by atoms with E-state index in [4.69, 9.17) is 4.42 Å². The standard InChI is InChI=1S/C11H8N2O2/c1-12-10(14)9-7-15-11(13-9)8-5-3-2-4-6-8/h3,5-7H,1H3,(H,12,14). The monoisotopic (exact) mass is 200 g/mol. The van der Waals surface area contributed by atoms with E-state index < -0.39 is 0 Å². The normalized spacial score (nSPS) is 12.7. The van der Waals surface area contributed by atoms with Gasteiger partial charge < -0.3 is 9.73 Å². The minimum Gasteiger partial charge on any atom is -0.444 e. The summed E-state index contributed by atoms with van der Waals surface area (Å²) in [5.74, 6) is 0.135. The van der Waals surface area contributed by atoms with Crippen LogP contribution >= 0.6 is 0 Å². The fraction of sp³-hybridized carbons (Fsp3) is 0.0909. The molecule has 0 saturated heterocycles. The molecule has 1 aromatic heterocycles. The molecule has 0 spiro atoms. The van der Waals surface area contributed by atoms with Crippen LogP contribution in [0.1, 0.15) is 16.4 Å². The van der Waals surface area contributed by atoms with Crippen molar-refractivity contribution in [1.82, 2.24) is 10.3 Å². The Labute approximate surface area is 86.3 Å². The number of allylic oxidation sites excluding steroid dienone is 4. The summed E-state index contributed by atoms with van der Waals surface area (Å²) in [6.45, 7) is 0. The van der Waals surface area contributed by atoms with Gasteiger partial charge in [0.05, 0.1) is 0 Å². The molecule has 0 radical (unpaired) electrons. The van der Waals surface area contributed by atoms with Gasteiger partial charge in [0.2, 0.25) is 5.89 Å². The summed E-state index contributed by atoms with van der Waals surface area (Å²) in [5.41, 5.74) is 6.59. The van der Waals surface area contributed by atoms with Gasteiger partial charge in [0.15, 0.2) is 5.69 Å². The van der Waals surface area contributed by atoms with E-state index in [0.717, 1.165) is 5.57 Å². The molecule has 0 aliphatic heterocycles. The van der Waals surface area contributed by atoms with Crippen molar-refractivity contribution in [3.05, 3.63) is 47.5 Å². The SMILES string of the molecule is CNC(=O)c1coc(C2=CC=C=C=C2)n1. The van der Waals surface area contributed by atoms with Crippen molar-refractivity contribution in [3.8, 4) is 0 Å². The molecule has 74 valence electrons. The van der Waals surface area contributed by atoms with Gasteiger partial charge in [0.25, 0.3) is 5.91 Å². The van der Waals surface area contributed by atoms with Crippen LogP contribution in [0.2, 0.25) is 0 Å². The van der Waals surface area contributed by atoms with E-state index >= 15 is 0 Å². The lowest BCUT2D eigenvalue weighted by Crippen LogP contribution is -2.18. The van der Waals surface area contributed by atoms with Gasteiger partial charge in [0, 0.05) is 18.7 Å². The van der Waals surface area contributed by atoms with Gasteiger partial charge in [-0.05, 0) is 12.2 Å². The summed E-state index contributed by atoms with van der Waals surface area (Å²) in [4.78, 5) is 15.2. The highest BCUT2D eigenvalue weighted by atomic mass is 16.3. The lowest BCUT2D eigenvalue weighted by atomic mass is 10.2. The number of nitrogens with one attached hydrogen (secondary N) is 1. The second kappa shape index (κ2) is 3.84. The van der Waals surface area contributed by atoms with E-state index in [1.807, 2.05) is 0 Å². The number of hydrogen-bond acceptors (Lipinski definition) is 3. The first-order valence-electron chi connectivity index (χ1n) is 4.37. The molecule has 2 rings (SSSR count). The maximum absolute atomic E-state index is 11.2. The van der Waals surface area contributed by atoms with Gasteiger partial charge in [-0.25, -0.2) is 4.98 Å². The van der Waals surface area contributed by atoms with Crippen LogP contribution in [0.5, 0.6) is 0 Å². The molecule has 1 aliphatic rings. The molecule has 0 fully saturated rings. The molecule has 1 heterocycles. The summed E-state index contributed by atoms with van der Waals surface area (Å²) in [5, 5.41) is 2.47. The molecule has 1 amide bonds. The molecule has 4 nitrogen and oxygen atoms in total. The number of carbonyl (C=O) groups excluding carboxylic acids is 1. The third-order valence-electron chi connectivity index (χ3n) is 1.87. The van der Waals surface area contributed by atoms with E-state index in [0.29, 0.717) is 5.89 Å². The summed E-state index contributed by atoms with van der Waals surface area (Å²) < 4.78 is 5.17. The molecule has 1 aromatic rings. The van der Waals surface area contributed by atoms with Crippen molar-refractivity contribution < 1.29 is 9.21 Å². The van der Waals surface area contributed by atoms with Crippen LogP contribution in [-0.2, 0) is 0 Å². The highest BCUT2D eigenvalue weighted by Crippen LogP contribution is 2.16. The van der Waals surface area contributed by atoms with E-state index in [2.05, 4.69) is 21.8 Å². The topological polar surface area (TPSA) is 55.1 Å². The van der Waals surface area contributed by atoms with Crippen molar-refractivity contribution in [1.29, 1.82) is 0 Å². The average Bonchev–Trinajstić information content (AvgIpc) is 2.78. The zero-order valence-corrected chi connectivity index (χ0v) is 8.07. The van der Waals surface area contributed by atoms with Crippen molar-refractivity contribution in [3.63, 3.8) is 0 Å². The highest BCUT2D eigenvalue weighted by molar-refractivity contribution is 5.92. The van der Waals surface area contributed by atoms with Crippen LogP contribution in [-0.4, -0.2) is 17.9 Å². The Kier molecular flexibility index (Phi) is 2.38. The van der Waals surface area contributed by atoms with Crippen LogP contribution in [0.15, 0.2) is 40.4 Å². The summed E-state index contributed by atoms with van der Waals surface area (Å²) >= 11 is 0. The fourth-order valence-corrected chi connectivity index (χ4v) is 1.12. The van der Waals surface area contributed by atoms with Crippen molar-refractivity contribution >= 4 is 11.5 Å². The van der Waals surface area contributed by atoms with E-state index in [1.54, 1.807) is 25.3 Å². The number of carbonyl (C=O) groups is 1. The van der Waals surface area contributed by atoms with Crippen LogP contribution in [0.4, 0.5) is 0 Å². The number of amides is 1. The molecule has 1 N–H and O–H groups in total. The number of nitrogens with zero attached hydrogens (tertiary/aromatic N) is 1. The van der Waals surface area contributed by atoms with Gasteiger partial charge in [-0.3, -0.25) is 4.79 Å². The molecule has 0 atom stereocenters. The number of oxazole rings is 1. The van der Waals surface area contributed by atoms with Gasteiger partial charge in [-0.15, -0.1) is 0 Å². The lowest BCUT2D eigenvalue weighted by molar-refractivity contribution is 0.0958. The first-order valence-corrected chi connectivity index (χ1v) is 4.37. The quantitative estimate of drug-likeness (QED) is 0.732. The zero-order valence-electron chi connectivity index (χ0n) is 8.07. The third kappa shape index (κ3) is 1.81.